The minimum Gasteiger partial charge on any atom is -0.348 e. The zero-order chi connectivity index (χ0) is 13.9. The highest BCUT2D eigenvalue weighted by Crippen LogP contribution is 2.11. The molecule has 6 heteroatoms. The van der Waals surface area contributed by atoms with Crippen LogP contribution in [0.1, 0.15) is 5.56 Å². The van der Waals surface area contributed by atoms with Gasteiger partial charge in [0.05, 0.1) is 17.0 Å². The molecule has 102 valence electrons. The molecule has 2 unspecified atom stereocenters. The molecular formula is C13H15NO3S2. The van der Waals surface area contributed by atoms with Gasteiger partial charge in [-0.15, -0.1) is 0 Å². The van der Waals surface area contributed by atoms with E-state index in [1.807, 2.05) is 30.3 Å². The SMILES string of the molecule is O=C(NC1C=CS(=O)(=O)C1)C(S)Cc1ccccc1. The Labute approximate surface area is 118 Å². The third-order valence-corrected chi connectivity index (χ3v) is 4.64. The van der Waals surface area contributed by atoms with Gasteiger partial charge in [0.15, 0.2) is 9.84 Å². The number of nitrogens with one attached hydrogen (secondary N) is 1. The average molecular weight is 297 g/mol. The van der Waals surface area contributed by atoms with Gasteiger partial charge in [0.2, 0.25) is 5.91 Å². The number of amides is 1. The average Bonchev–Trinajstić information content (AvgIpc) is 2.70. The number of hydrogen-bond acceptors (Lipinski definition) is 4. The topological polar surface area (TPSA) is 63.2 Å². The molecule has 1 N–H and O–H groups in total. The molecule has 0 saturated carbocycles. The Hall–Kier alpha value is -1.27. The van der Waals surface area contributed by atoms with E-state index >= 15 is 0 Å². The second-order valence-electron chi connectivity index (χ2n) is 4.48. The van der Waals surface area contributed by atoms with Crippen molar-refractivity contribution in [1.29, 1.82) is 0 Å². The Morgan fingerprint density at radius 2 is 2.05 bits per heavy atom. The van der Waals surface area contributed by atoms with E-state index in [4.69, 9.17) is 0 Å². The van der Waals surface area contributed by atoms with Gasteiger partial charge in [0.25, 0.3) is 0 Å². The summed E-state index contributed by atoms with van der Waals surface area (Å²) in [6.07, 6.45) is 2.01. The summed E-state index contributed by atoms with van der Waals surface area (Å²) < 4.78 is 22.5. The van der Waals surface area contributed by atoms with Gasteiger partial charge in [-0.2, -0.15) is 12.6 Å². The molecule has 0 aliphatic carbocycles. The summed E-state index contributed by atoms with van der Waals surface area (Å²) in [5, 5.41) is 3.33. The van der Waals surface area contributed by atoms with Crippen LogP contribution in [0.2, 0.25) is 0 Å². The molecule has 1 heterocycles. The monoisotopic (exact) mass is 297 g/mol. The molecule has 0 fully saturated rings. The zero-order valence-electron chi connectivity index (χ0n) is 10.2. The van der Waals surface area contributed by atoms with E-state index in [-0.39, 0.29) is 11.7 Å². The first-order valence-corrected chi connectivity index (χ1v) is 8.13. The highest BCUT2D eigenvalue weighted by molar-refractivity contribution is 7.94. The van der Waals surface area contributed by atoms with Gasteiger partial charge < -0.3 is 5.32 Å². The Morgan fingerprint density at radius 3 is 2.63 bits per heavy atom. The number of carbonyl (C=O) groups is 1. The molecule has 4 nitrogen and oxygen atoms in total. The quantitative estimate of drug-likeness (QED) is 0.814. The van der Waals surface area contributed by atoms with Crippen LogP contribution in [0.4, 0.5) is 0 Å². The molecule has 1 amide bonds. The highest BCUT2D eigenvalue weighted by Gasteiger charge is 2.25. The number of thiol groups is 1. The number of hydrogen-bond donors (Lipinski definition) is 2. The maximum atomic E-state index is 11.9. The van der Waals surface area contributed by atoms with Crippen molar-refractivity contribution in [3.05, 3.63) is 47.4 Å². The maximum Gasteiger partial charge on any atom is 0.233 e. The summed E-state index contributed by atoms with van der Waals surface area (Å²) in [6, 6.07) is 9.13. The molecule has 1 aromatic rings. The van der Waals surface area contributed by atoms with E-state index in [1.54, 1.807) is 0 Å². The molecule has 2 rings (SSSR count). The fourth-order valence-electron chi connectivity index (χ4n) is 1.87. The van der Waals surface area contributed by atoms with Crippen LogP contribution in [0.15, 0.2) is 41.8 Å². The summed E-state index contributed by atoms with van der Waals surface area (Å²) in [7, 11) is -3.15. The third-order valence-electron chi connectivity index (χ3n) is 2.83. The van der Waals surface area contributed by atoms with Crippen molar-refractivity contribution in [3.8, 4) is 0 Å². The molecule has 0 saturated heterocycles. The molecule has 0 spiro atoms. The van der Waals surface area contributed by atoms with E-state index < -0.39 is 21.1 Å². The minimum atomic E-state index is -3.15. The predicted octanol–water partition coefficient (Wildman–Crippen LogP) is 0.954. The molecule has 0 aromatic heterocycles. The first-order valence-electron chi connectivity index (χ1n) is 5.89. The lowest BCUT2D eigenvalue weighted by Gasteiger charge is -2.14. The van der Waals surface area contributed by atoms with Crippen molar-refractivity contribution in [1.82, 2.24) is 5.32 Å². The van der Waals surface area contributed by atoms with E-state index in [2.05, 4.69) is 17.9 Å². The van der Waals surface area contributed by atoms with Crippen LogP contribution in [0.5, 0.6) is 0 Å². The number of carbonyl (C=O) groups excluding carboxylic acids is 1. The van der Waals surface area contributed by atoms with Crippen LogP contribution in [0.25, 0.3) is 0 Å². The van der Waals surface area contributed by atoms with Crippen molar-refractivity contribution >= 4 is 28.4 Å². The van der Waals surface area contributed by atoms with Crippen LogP contribution in [0.3, 0.4) is 0 Å². The normalized spacial score (nSPS) is 22.1. The second kappa shape index (κ2) is 5.79. The number of rotatable bonds is 4. The first-order chi connectivity index (χ1) is 8.96. The second-order valence-corrected chi connectivity index (χ2v) is 7.03. The summed E-state index contributed by atoms with van der Waals surface area (Å²) in [5.74, 6) is -0.316. The Kier molecular flexibility index (Phi) is 4.31. The van der Waals surface area contributed by atoms with Crippen molar-refractivity contribution in [3.63, 3.8) is 0 Å². The van der Waals surface area contributed by atoms with Crippen LogP contribution in [-0.4, -0.2) is 31.4 Å². The van der Waals surface area contributed by atoms with Gasteiger partial charge in [0.1, 0.15) is 0 Å². The molecule has 1 aliphatic rings. The van der Waals surface area contributed by atoms with Gasteiger partial charge in [-0.05, 0) is 18.1 Å². The van der Waals surface area contributed by atoms with Gasteiger partial charge in [-0.1, -0.05) is 30.3 Å². The summed E-state index contributed by atoms with van der Waals surface area (Å²) in [6.45, 7) is 0. The molecule has 0 radical (unpaired) electrons. The smallest absolute Gasteiger partial charge is 0.233 e. The lowest BCUT2D eigenvalue weighted by molar-refractivity contribution is -0.120. The van der Waals surface area contributed by atoms with Crippen LogP contribution in [-0.2, 0) is 21.1 Å². The lowest BCUT2D eigenvalue weighted by Crippen LogP contribution is -2.40. The van der Waals surface area contributed by atoms with E-state index in [0.717, 1.165) is 11.0 Å². The fourth-order valence-corrected chi connectivity index (χ4v) is 3.40. The summed E-state index contributed by atoms with van der Waals surface area (Å²) in [5.41, 5.74) is 1.02. The predicted molar refractivity (Wildman–Crippen MR) is 77.8 cm³/mol. The minimum absolute atomic E-state index is 0.0649. The number of sulfone groups is 1. The molecule has 2 atom stereocenters. The standard InChI is InChI=1S/C13H15NO3S2/c15-13(14-11-6-7-19(16,17)9-11)12(18)8-10-4-2-1-3-5-10/h1-7,11-12,18H,8-9H2,(H,14,15). The Balaban J connectivity index is 1.89. The third kappa shape index (κ3) is 4.11. The van der Waals surface area contributed by atoms with Gasteiger partial charge in [-0.3, -0.25) is 4.79 Å². The first kappa shape index (κ1) is 14.1. The maximum absolute atomic E-state index is 11.9. The summed E-state index contributed by atoms with van der Waals surface area (Å²) >= 11 is 4.27. The molecular weight excluding hydrogens is 282 g/mol. The van der Waals surface area contributed by atoms with Crippen LogP contribution < -0.4 is 5.32 Å². The molecule has 0 bridgehead atoms. The number of benzene rings is 1. The van der Waals surface area contributed by atoms with Gasteiger partial charge in [0, 0.05) is 5.41 Å². The molecule has 19 heavy (non-hydrogen) atoms. The molecule has 1 aromatic carbocycles. The van der Waals surface area contributed by atoms with Crippen molar-refractivity contribution in [2.24, 2.45) is 0 Å². The zero-order valence-corrected chi connectivity index (χ0v) is 11.9. The van der Waals surface area contributed by atoms with Gasteiger partial charge in [-0.25, -0.2) is 8.42 Å². The highest BCUT2D eigenvalue weighted by atomic mass is 32.2. The van der Waals surface area contributed by atoms with Crippen LogP contribution in [0, 0.1) is 0 Å². The Morgan fingerprint density at radius 1 is 1.37 bits per heavy atom. The van der Waals surface area contributed by atoms with E-state index in [0.29, 0.717) is 6.42 Å². The summed E-state index contributed by atoms with van der Waals surface area (Å²) in [4.78, 5) is 11.9. The molecule has 1 aliphatic heterocycles. The largest absolute Gasteiger partial charge is 0.348 e. The Bertz CT molecular complexity index is 581. The van der Waals surface area contributed by atoms with Crippen molar-refractivity contribution in [2.75, 3.05) is 5.75 Å². The van der Waals surface area contributed by atoms with E-state index in [9.17, 15) is 13.2 Å². The lowest BCUT2D eigenvalue weighted by atomic mass is 10.1. The van der Waals surface area contributed by atoms with Crippen molar-refractivity contribution < 1.29 is 13.2 Å². The van der Waals surface area contributed by atoms with Crippen LogP contribution >= 0.6 is 12.6 Å². The fraction of sp³-hybridized carbons (Fsp3) is 0.308. The van der Waals surface area contributed by atoms with Gasteiger partial charge >= 0.3 is 0 Å². The van der Waals surface area contributed by atoms with Crippen molar-refractivity contribution in [2.45, 2.75) is 17.7 Å². The van der Waals surface area contributed by atoms with E-state index in [1.165, 1.54) is 6.08 Å².